The SMILES string of the molecule is Cc1ccc(NC(=O)[C@H](C)SCc2nc(N)nc(Nc3ccccc3C)n2)cc1F. The number of thioether (sulfide) groups is 1. The van der Waals surface area contributed by atoms with Crippen LogP contribution in [0.2, 0.25) is 0 Å². The second-order valence-electron chi connectivity index (χ2n) is 6.78. The van der Waals surface area contributed by atoms with Gasteiger partial charge in [-0.1, -0.05) is 24.3 Å². The van der Waals surface area contributed by atoms with Crippen molar-refractivity contribution in [3.63, 3.8) is 0 Å². The first-order valence-corrected chi connectivity index (χ1v) is 10.4. The highest BCUT2D eigenvalue weighted by molar-refractivity contribution is 7.99. The van der Waals surface area contributed by atoms with E-state index in [1.165, 1.54) is 17.8 Å². The Morgan fingerprint density at radius 1 is 1.13 bits per heavy atom. The minimum absolute atomic E-state index is 0.101. The summed E-state index contributed by atoms with van der Waals surface area (Å²) < 4.78 is 13.7. The van der Waals surface area contributed by atoms with E-state index in [4.69, 9.17) is 5.73 Å². The quantitative estimate of drug-likeness (QED) is 0.519. The second-order valence-corrected chi connectivity index (χ2v) is 8.11. The zero-order chi connectivity index (χ0) is 21.7. The van der Waals surface area contributed by atoms with Crippen molar-refractivity contribution >= 4 is 40.9 Å². The molecule has 0 fully saturated rings. The Morgan fingerprint density at radius 3 is 2.63 bits per heavy atom. The number of benzene rings is 2. The van der Waals surface area contributed by atoms with Crippen LogP contribution in [0, 0.1) is 19.7 Å². The fraction of sp³-hybridized carbons (Fsp3) is 0.238. The van der Waals surface area contributed by atoms with Crippen LogP contribution >= 0.6 is 11.8 Å². The minimum Gasteiger partial charge on any atom is -0.368 e. The fourth-order valence-electron chi connectivity index (χ4n) is 2.58. The summed E-state index contributed by atoms with van der Waals surface area (Å²) in [4.78, 5) is 25.1. The number of hydrogen-bond donors (Lipinski definition) is 3. The molecule has 4 N–H and O–H groups in total. The molecule has 0 saturated carbocycles. The number of halogens is 1. The molecule has 0 spiro atoms. The molecule has 1 aromatic heterocycles. The molecule has 0 saturated heterocycles. The lowest BCUT2D eigenvalue weighted by atomic mass is 10.2. The molecule has 9 heteroatoms. The Balaban J connectivity index is 1.61. The molecule has 3 aromatic rings. The number of nitrogen functional groups attached to an aromatic ring is 1. The van der Waals surface area contributed by atoms with Crippen molar-refractivity contribution in [1.29, 1.82) is 0 Å². The molecule has 1 atom stereocenters. The number of rotatable bonds is 7. The third kappa shape index (κ3) is 5.66. The first-order valence-electron chi connectivity index (χ1n) is 9.33. The number of para-hydroxylation sites is 1. The molecule has 0 aliphatic heterocycles. The summed E-state index contributed by atoms with van der Waals surface area (Å²) in [5.74, 6) is 0.686. The Morgan fingerprint density at radius 2 is 1.90 bits per heavy atom. The van der Waals surface area contributed by atoms with Crippen LogP contribution in [0.4, 0.5) is 27.7 Å². The van der Waals surface area contributed by atoms with Crippen molar-refractivity contribution < 1.29 is 9.18 Å². The number of aryl methyl sites for hydroxylation is 2. The van der Waals surface area contributed by atoms with E-state index in [-0.39, 0.29) is 17.7 Å². The smallest absolute Gasteiger partial charge is 0.237 e. The lowest BCUT2D eigenvalue weighted by molar-refractivity contribution is -0.115. The molecule has 30 heavy (non-hydrogen) atoms. The molecule has 1 heterocycles. The van der Waals surface area contributed by atoms with E-state index in [2.05, 4.69) is 25.6 Å². The van der Waals surface area contributed by atoms with Crippen LogP contribution in [0.15, 0.2) is 42.5 Å². The van der Waals surface area contributed by atoms with E-state index in [1.54, 1.807) is 26.0 Å². The van der Waals surface area contributed by atoms with E-state index in [1.807, 2.05) is 31.2 Å². The van der Waals surface area contributed by atoms with Gasteiger partial charge in [-0.25, -0.2) is 4.39 Å². The molecule has 0 unspecified atom stereocenters. The molecule has 7 nitrogen and oxygen atoms in total. The number of nitrogens with two attached hydrogens (primary N) is 1. The predicted molar refractivity (Wildman–Crippen MR) is 119 cm³/mol. The number of aromatic nitrogens is 3. The lowest BCUT2D eigenvalue weighted by Crippen LogP contribution is -2.23. The molecule has 2 aromatic carbocycles. The van der Waals surface area contributed by atoms with E-state index in [0.29, 0.717) is 28.8 Å². The van der Waals surface area contributed by atoms with Crippen LogP contribution in [-0.2, 0) is 10.5 Å². The minimum atomic E-state index is -0.403. The Hall–Kier alpha value is -3.20. The number of anilines is 4. The number of nitrogens with zero attached hydrogens (tertiary/aromatic N) is 3. The Kier molecular flexibility index (Phi) is 6.83. The highest BCUT2D eigenvalue weighted by atomic mass is 32.2. The van der Waals surface area contributed by atoms with Gasteiger partial charge < -0.3 is 16.4 Å². The summed E-state index contributed by atoms with van der Waals surface area (Å²) in [7, 11) is 0. The largest absolute Gasteiger partial charge is 0.368 e. The van der Waals surface area contributed by atoms with Gasteiger partial charge in [-0.2, -0.15) is 15.0 Å². The van der Waals surface area contributed by atoms with Crippen LogP contribution in [-0.4, -0.2) is 26.1 Å². The normalized spacial score (nSPS) is 11.7. The summed E-state index contributed by atoms with van der Waals surface area (Å²) in [6.07, 6.45) is 0. The van der Waals surface area contributed by atoms with Crippen LogP contribution < -0.4 is 16.4 Å². The van der Waals surface area contributed by atoms with Crippen LogP contribution in [0.25, 0.3) is 0 Å². The fourth-order valence-corrected chi connectivity index (χ4v) is 3.32. The summed E-state index contributed by atoms with van der Waals surface area (Å²) in [5, 5.41) is 5.46. The highest BCUT2D eigenvalue weighted by Gasteiger charge is 2.16. The van der Waals surface area contributed by atoms with Crippen molar-refractivity contribution in [2.75, 3.05) is 16.4 Å². The summed E-state index contributed by atoms with van der Waals surface area (Å²) in [6.45, 7) is 5.41. The molecule has 0 radical (unpaired) electrons. The van der Waals surface area contributed by atoms with Gasteiger partial charge in [0.05, 0.1) is 11.0 Å². The van der Waals surface area contributed by atoms with Gasteiger partial charge in [0, 0.05) is 11.4 Å². The standard InChI is InChI=1S/C21H23FN6OS/c1-12-8-9-15(10-16(12)22)24-19(29)14(3)30-11-18-26-20(23)28-21(27-18)25-17-7-5-4-6-13(17)2/h4-10,14H,11H2,1-3H3,(H,24,29)(H3,23,25,26,27,28)/t14-/m0/s1. The van der Waals surface area contributed by atoms with Crippen LogP contribution in [0.3, 0.4) is 0 Å². The maximum Gasteiger partial charge on any atom is 0.237 e. The third-order valence-electron chi connectivity index (χ3n) is 4.36. The molecular formula is C21H23FN6OS. The van der Waals surface area contributed by atoms with Crippen molar-refractivity contribution in [2.45, 2.75) is 31.8 Å². The molecule has 1 amide bonds. The molecule has 156 valence electrons. The maximum absolute atomic E-state index is 13.7. The predicted octanol–water partition coefficient (Wildman–Crippen LogP) is 4.21. The number of nitrogens with one attached hydrogen (secondary N) is 2. The molecule has 3 rings (SSSR count). The van der Waals surface area contributed by atoms with Gasteiger partial charge in [0.25, 0.3) is 0 Å². The first kappa shape index (κ1) is 21.5. The monoisotopic (exact) mass is 426 g/mol. The Labute approximate surface area is 178 Å². The number of hydrogen-bond acceptors (Lipinski definition) is 7. The van der Waals surface area contributed by atoms with Gasteiger partial charge >= 0.3 is 0 Å². The van der Waals surface area contributed by atoms with Gasteiger partial charge in [-0.05, 0) is 50.1 Å². The molecular weight excluding hydrogens is 403 g/mol. The average Bonchev–Trinajstić information content (AvgIpc) is 2.70. The molecule has 0 aliphatic carbocycles. The average molecular weight is 427 g/mol. The number of carbonyl (C=O) groups is 1. The van der Waals surface area contributed by atoms with Gasteiger partial charge in [0.15, 0.2) is 0 Å². The maximum atomic E-state index is 13.7. The van der Waals surface area contributed by atoms with E-state index < -0.39 is 5.25 Å². The molecule has 0 bridgehead atoms. The van der Waals surface area contributed by atoms with Gasteiger partial charge in [-0.15, -0.1) is 11.8 Å². The van der Waals surface area contributed by atoms with Gasteiger partial charge in [-0.3, -0.25) is 4.79 Å². The van der Waals surface area contributed by atoms with Crippen LogP contribution in [0.1, 0.15) is 23.9 Å². The first-order chi connectivity index (χ1) is 14.3. The topological polar surface area (TPSA) is 106 Å². The number of carbonyl (C=O) groups excluding carboxylic acids is 1. The summed E-state index contributed by atoms with van der Waals surface area (Å²) in [6, 6.07) is 12.4. The van der Waals surface area contributed by atoms with E-state index in [9.17, 15) is 9.18 Å². The molecule has 0 aliphatic rings. The van der Waals surface area contributed by atoms with Gasteiger partial charge in [0.2, 0.25) is 17.8 Å². The van der Waals surface area contributed by atoms with Crippen molar-refractivity contribution in [2.24, 2.45) is 0 Å². The van der Waals surface area contributed by atoms with Crippen LogP contribution in [0.5, 0.6) is 0 Å². The van der Waals surface area contributed by atoms with Gasteiger partial charge in [0.1, 0.15) is 11.6 Å². The van der Waals surface area contributed by atoms with Crippen molar-refractivity contribution in [3.8, 4) is 0 Å². The highest BCUT2D eigenvalue weighted by Crippen LogP contribution is 2.21. The van der Waals surface area contributed by atoms with Crippen molar-refractivity contribution in [1.82, 2.24) is 15.0 Å². The van der Waals surface area contributed by atoms with E-state index >= 15 is 0 Å². The summed E-state index contributed by atoms with van der Waals surface area (Å²) >= 11 is 1.35. The summed E-state index contributed by atoms with van der Waals surface area (Å²) in [5.41, 5.74) is 8.69. The van der Waals surface area contributed by atoms with E-state index in [0.717, 1.165) is 11.3 Å². The second kappa shape index (κ2) is 9.53. The Bertz CT molecular complexity index is 1060. The van der Waals surface area contributed by atoms with Crippen molar-refractivity contribution in [3.05, 3.63) is 65.2 Å². The zero-order valence-electron chi connectivity index (χ0n) is 16.9. The zero-order valence-corrected chi connectivity index (χ0v) is 17.8. The number of amides is 1. The third-order valence-corrected chi connectivity index (χ3v) is 5.50. The lowest BCUT2D eigenvalue weighted by Gasteiger charge is -2.13.